The fourth-order valence-corrected chi connectivity index (χ4v) is 2.19. The highest BCUT2D eigenvalue weighted by Crippen LogP contribution is 2.26. The van der Waals surface area contributed by atoms with Crippen LogP contribution in [0.4, 0.5) is 5.69 Å². The molecule has 1 N–H and O–H groups in total. The molecular formula is C16H19N3O3. The summed E-state index contributed by atoms with van der Waals surface area (Å²) >= 11 is 0. The Kier molecular flexibility index (Phi) is 4.93. The van der Waals surface area contributed by atoms with E-state index in [0.29, 0.717) is 11.3 Å². The quantitative estimate of drug-likeness (QED) is 0.862. The van der Waals surface area contributed by atoms with Crippen molar-refractivity contribution in [2.75, 3.05) is 12.4 Å². The molecule has 1 aromatic heterocycles. The first kappa shape index (κ1) is 15.8. The lowest BCUT2D eigenvalue weighted by Crippen LogP contribution is -2.06. The molecule has 0 bridgehead atoms. The van der Waals surface area contributed by atoms with Crippen molar-refractivity contribution in [3.05, 3.63) is 36.2 Å². The number of hydrogen-bond acceptors (Lipinski definition) is 4. The third kappa shape index (κ3) is 3.52. The highest BCUT2D eigenvalue weighted by molar-refractivity contribution is 5.96. The van der Waals surface area contributed by atoms with E-state index in [1.807, 2.05) is 25.3 Å². The van der Waals surface area contributed by atoms with Crippen molar-refractivity contribution < 1.29 is 14.3 Å². The van der Waals surface area contributed by atoms with Gasteiger partial charge in [-0.2, -0.15) is 5.10 Å². The predicted octanol–water partition coefficient (Wildman–Crippen LogP) is 2.71. The summed E-state index contributed by atoms with van der Waals surface area (Å²) in [7, 11) is 1.33. The highest BCUT2D eigenvalue weighted by Gasteiger charge is 2.18. The van der Waals surface area contributed by atoms with Gasteiger partial charge in [0.1, 0.15) is 0 Å². The number of nitrogens with one attached hydrogen (secondary N) is 1. The smallest absolute Gasteiger partial charge is 0.359 e. The van der Waals surface area contributed by atoms with Gasteiger partial charge in [0.25, 0.3) is 0 Å². The van der Waals surface area contributed by atoms with Gasteiger partial charge in [0.05, 0.1) is 7.11 Å². The summed E-state index contributed by atoms with van der Waals surface area (Å²) in [5, 5.41) is 7.02. The Bertz CT molecular complexity index is 692. The Morgan fingerprint density at radius 2 is 2.14 bits per heavy atom. The van der Waals surface area contributed by atoms with E-state index in [1.54, 1.807) is 16.8 Å². The molecule has 0 saturated carbocycles. The maximum absolute atomic E-state index is 11.9. The summed E-state index contributed by atoms with van der Waals surface area (Å²) in [6.07, 6.45) is 2.73. The Balaban J connectivity index is 2.46. The SMILES string of the molecule is CCCn1cc(-c2cccc(NC(C)=O)c2)c(C(=O)OC)n1. The van der Waals surface area contributed by atoms with Crippen LogP contribution in [0.15, 0.2) is 30.5 Å². The van der Waals surface area contributed by atoms with Gasteiger partial charge >= 0.3 is 5.97 Å². The van der Waals surface area contributed by atoms with Crippen molar-refractivity contribution in [3.63, 3.8) is 0 Å². The zero-order chi connectivity index (χ0) is 16.1. The minimum absolute atomic E-state index is 0.146. The summed E-state index contributed by atoms with van der Waals surface area (Å²) in [6.45, 7) is 4.21. The molecule has 6 nitrogen and oxygen atoms in total. The number of esters is 1. The molecule has 6 heteroatoms. The van der Waals surface area contributed by atoms with Crippen LogP contribution < -0.4 is 5.32 Å². The Morgan fingerprint density at radius 1 is 1.36 bits per heavy atom. The second-order valence-corrected chi connectivity index (χ2v) is 4.91. The van der Waals surface area contributed by atoms with Gasteiger partial charge in [0.15, 0.2) is 5.69 Å². The molecule has 22 heavy (non-hydrogen) atoms. The van der Waals surface area contributed by atoms with Gasteiger partial charge in [-0.3, -0.25) is 9.48 Å². The summed E-state index contributed by atoms with van der Waals surface area (Å²) in [6, 6.07) is 7.28. The van der Waals surface area contributed by atoms with Crippen molar-refractivity contribution in [1.82, 2.24) is 9.78 Å². The molecule has 2 rings (SSSR count). The van der Waals surface area contributed by atoms with Crippen molar-refractivity contribution >= 4 is 17.6 Å². The van der Waals surface area contributed by atoms with E-state index in [0.717, 1.165) is 18.5 Å². The first-order valence-corrected chi connectivity index (χ1v) is 7.09. The number of aryl methyl sites for hydroxylation is 1. The standard InChI is InChI=1S/C16H19N3O3/c1-4-8-19-10-14(15(18-19)16(21)22-3)12-6-5-7-13(9-12)17-11(2)20/h5-7,9-10H,4,8H2,1-3H3,(H,17,20). The average molecular weight is 301 g/mol. The number of aromatic nitrogens is 2. The van der Waals surface area contributed by atoms with Crippen LogP contribution >= 0.6 is 0 Å². The Hall–Kier alpha value is -2.63. The fraction of sp³-hybridized carbons (Fsp3) is 0.312. The molecule has 0 saturated heterocycles. The van der Waals surface area contributed by atoms with Gasteiger partial charge in [0, 0.05) is 30.9 Å². The molecule has 2 aromatic rings. The number of nitrogens with zero attached hydrogens (tertiary/aromatic N) is 2. The first-order chi connectivity index (χ1) is 10.5. The largest absolute Gasteiger partial charge is 0.464 e. The van der Waals surface area contributed by atoms with E-state index in [9.17, 15) is 9.59 Å². The number of anilines is 1. The van der Waals surface area contributed by atoms with Crippen LogP contribution in [0, 0.1) is 0 Å². The van der Waals surface area contributed by atoms with Gasteiger partial charge in [0.2, 0.25) is 5.91 Å². The molecule has 0 fully saturated rings. The molecule has 0 aliphatic rings. The molecule has 0 aliphatic carbocycles. The number of carbonyl (C=O) groups excluding carboxylic acids is 2. The van der Waals surface area contributed by atoms with Crippen LogP contribution in [-0.2, 0) is 16.1 Å². The van der Waals surface area contributed by atoms with Gasteiger partial charge < -0.3 is 10.1 Å². The third-order valence-corrected chi connectivity index (χ3v) is 3.09. The topological polar surface area (TPSA) is 73.2 Å². The number of rotatable bonds is 5. The summed E-state index contributed by atoms with van der Waals surface area (Å²) in [4.78, 5) is 23.1. The van der Waals surface area contributed by atoms with Crippen LogP contribution in [0.25, 0.3) is 11.1 Å². The maximum Gasteiger partial charge on any atom is 0.359 e. The third-order valence-electron chi connectivity index (χ3n) is 3.09. The van der Waals surface area contributed by atoms with Crippen molar-refractivity contribution in [3.8, 4) is 11.1 Å². The predicted molar refractivity (Wildman–Crippen MR) is 83.6 cm³/mol. The fourth-order valence-electron chi connectivity index (χ4n) is 2.19. The van der Waals surface area contributed by atoms with Gasteiger partial charge in [-0.1, -0.05) is 19.1 Å². The monoisotopic (exact) mass is 301 g/mol. The lowest BCUT2D eigenvalue weighted by molar-refractivity contribution is -0.114. The van der Waals surface area contributed by atoms with Gasteiger partial charge in [-0.05, 0) is 24.1 Å². The molecule has 0 unspecified atom stereocenters. The lowest BCUT2D eigenvalue weighted by Gasteiger charge is -2.05. The van der Waals surface area contributed by atoms with E-state index >= 15 is 0 Å². The maximum atomic E-state index is 11.9. The number of benzene rings is 1. The van der Waals surface area contributed by atoms with E-state index in [2.05, 4.69) is 10.4 Å². The zero-order valence-corrected chi connectivity index (χ0v) is 12.9. The average Bonchev–Trinajstić information content (AvgIpc) is 2.90. The normalized spacial score (nSPS) is 10.3. The summed E-state index contributed by atoms with van der Waals surface area (Å²) in [5.74, 6) is -0.623. The number of methoxy groups -OCH3 is 1. The van der Waals surface area contributed by atoms with Crippen molar-refractivity contribution in [1.29, 1.82) is 0 Å². The Morgan fingerprint density at radius 3 is 2.77 bits per heavy atom. The molecule has 1 aromatic carbocycles. The van der Waals surface area contributed by atoms with Gasteiger partial charge in [-0.25, -0.2) is 4.79 Å². The molecule has 0 spiro atoms. The van der Waals surface area contributed by atoms with Crippen LogP contribution in [-0.4, -0.2) is 28.8 Å². The summed E-state index contributed by atoms with van der Waals surface area (Å²) < 4.78 is 6.53. The number of amides is 1. The number of hydrogen-bond donors (Lipinski definition) is 1. The molecule has 116 valence electrons. The number of carbonyl (C=O) groups is 2. The van der Waals surface area contributed by atoms with E-state index in [-0.39, 0.29) is 11.6 Å². The van der Waals surface area contributed by atoms with Crippen molar-refractivity contribution in [2.24, 2.45) is 0 Å². The zero-order valence-electron chi connectivity index (χ0n) is 12.9. The van der Waals surface area contributed by atoms with Gasteiger partial charge in [-0.15, -0.1) is 0 Å². The molecular weight excluding hydrogens is 282 g/mol. The van der Waals surface area contributed by atoms with E-state index < -0.39 is 5.97 Å². The van der Waals surface area contributed by atoms with Crippen molar-refractivity contribution in [2.45, 2.75) is 26.8 Å². The second kappa shape index (κ2) is 6.89. The minimum atomic E-state index is -0.477. The summed E-state index contributed by atoms with van der Waals surface area (Å²) in [5.41, 5.74) is 2.43. The minimum Gasteiger partial charge on any atom is -0.464 e. The molecule has 0 radical (unpaired) electrons. The molecule has 1 amide bonds. The van der Waals surface area contributed by atoms with Crippen LogP contribution in [0.5, 0.6) is 0 Å². The van der Waals surface area contributed by atoms with Crippen LogP contribution in [0.1, 0.15) is 30.8 Å². The Labute approximate surface area is 129 Å². The highest BCUT2D eigenvalue weighted by atomic mass is 16.5. The second-order valence-electron chi connectivity index (χ2n) is 4.91. The van der Waals surface area contributed by atoms with Crippen LogP contribution in [0.3, 0.4) is 0 Å². The molecule has 1 heterocycles. The van der Waals surface area contributed by atoms with Crippen LogP contribution in [0.2, 0.25) is 0 Å². The first-order valence-electron chi connectivity index (χ1n) is 7.09. The lowest BCUT2D eigenvalue weighted by atomic mass is 10.1. The van der Waals surface area contributed by atoms with E-state index in [1.165, 1.54) is 14.0 Å². The van der Waals surface area contributed by atoms with E-state index in [4.69, 9.17) is 4.74 Å². The molecule has 0 aliphatic heterocycles. The molecule has 0 atom stereocenters. The number of ether oxygens (including phenoxy) is 1.